The summed E-state index contributed by atoms with van der Waals surface area (Å²) >= 11 is 0. The molecule has 1 fully saturated rings. The van der Waals surface area contributed by atoms with Crippen molar-refractivity contribution < 1.29 is 14.7 Å². The van der Waals surface area contributed by atoms with Crippen molar-refractivity contribution in [3.63, 3.8) is 0 Å². The number of pyridine rings is 1. The molecule has 0 bridgehead atoms. The number of nitrogens with one attached hydrogen (secondary N) is 1. The summed E-state index contributed by atoms with van der Waals surface area (Å²) in [6.45, 7) is 0. The molecule has 0 atom stereocenters. The molecule has 2 N–H and O–H groups in total. The summed E-state index contributed by atoms with van der Waals surface area (Å²) in [7, 11) is 0. The third-order valence-electron chi connectivity index (χ3n) is 3.37. The van der Waals surface area contributed by atoms with E-state index in [4.69, 9.17) is 0 Å². The third kappa shape index (κ3) is 1.22. The van der Waals surface area contributed by atoms with E-state index in [1.165, 1.54) is 0 Å². The number of hydrogen-bond donors (Lipinski definition) is 2. The van der Waals surface area contributed by atoms with Crippen LogP contribution in [-0.2, 0) is 15.0 Å². The summed E-state index contributed by atoms with van der Waals surface area (Å²) in [4.78, 5) is 29.6. The number of aromatic amines is 1. The molecular weight excluding hydrogens is 220 g/mol. The Morgan fingerprint density at radius 1 is 1.47 bits per heavy atom. The number of aliphatic carboxylic acids is 1. The molecule has 5 nitrogen and oxygen atoms in total. The maximum Gasteiger partial charge on any atom is 0.315 e. The minimum absolute atomic E-state index is 0.00867. The number of carboxylic acids is 1. The molecule has 0 saturated heterocycles. The lowest BCUT2D eigenvalue weighted by Gasteiger charge is -2.35. The number of nitrogens with zero attached hydrogens (tertiary/aromatic N) is 1. The Balaban J connectivity index is 2.20. The number of H-pyrrole nitrogens is 1. The van der Waals surface area contributed by atoms with Crippen LogP contribution in [0.3, 0.4) is 0 Å². The molecule has 0 aliphatic heterocycles. The van der Waals surface area contributed by atoms with Gasteiger partial charge < -0.3 is 10.1 Å². The van der Waals surface area contributed by atoms with Gasteiger partial charge in [-0.25, -0.2) is 4.98 Å². The van der Waals surface area contributed by atoms with E-state index in [0.29, 0.717) is 11.2 Å². The van der Waals surface area contributed by atoms with E-state index in [0.717, 1.165) is 5.39 Å². The maximum absolute atomic E-state index is 11.4. The van der Waals surface area contributed by atoms with Gasteiger partial charge in [0.1, 0.15) is 16.8 Å². The molecule has 0 amide bonds. The summed E-state index contributed by atoms with van der Waals surface area (Å²) in [5.74, 6) is -0.951. The van der Waals surface area contributed by atoms with E-state index in [9.17, 15) is 14.7 Å². The molecule has 17 heavy (non-hydrogen) atoms. The maximum atomic E-state index is 11.4. The average Bonchev–Trinajstić information content (AvgIpc) is 2.68. The van der Waals surface area contributed by atoms with Gasteiger partial charge >= 0.3 is 5.97 Å². The smallest absolute Gasteiger partial charge is 0.315 e. The van der Waals surface area contributed by atoms with Gasteiger partial charge in [0.15, 0.2) is 0 Å². The number of Topliss-reactive ketones (excluding diaryl/α,β-unsaturated/α-hetero) is 1. The Labute approximate surface area is 96.5 Å². The number of carboxylic acid groups (broad SMARTS) is 1. The van der Waals surface area contributed by atoms with Crippen LogP contribution in [0.1, 0.15) is 18.4 Å². The first-order valence-electron chi connectivity index (χ1n) is 5.31. The van der Waals surface area contributed by atoms with Crippen LogP contribution in [0.4, 0.5) is 0 Å². The minimum atomic E-state index is -1.06. The SMILES string of the molecule is O=C1CC(C(=O)O)(c2c[nH]c3ncccc23)C1. The van der Waals surface area contributed by atoms with E-state index >= 15 is 0 Å². The zero-order chi connectivity index (χ0) is 12.0. The van der Waals surface area contributed by atoms with E-state index < -0.39 is 11.4 Å². The van der Waals surface area contributed by atoms with Crippen molar-refractivity contribution in [2.45, 2.75) is 18.3 Å². The first-order chi connectivity index (χ1) is 8.13. The largest absolute Gasteiger partial charge is 0.481 e. The first kappa shape index (κ1) is 10.0. The predicted molar refractivity (Wildman–Crippen MR) is 59.6 cm³/mol. The molecule has 1 saturated carbocycles. The van der Waals surface area contributed by atoms with Gasteiger partial charge in [0.25, 0.3) is 0 Å². The topological polar surface area (TPSA) is 83.0 Å². The van der Waals surface area contributed by atoms with Crippen LogP contribution in [0.5, 0.6) is 0 Å². The van der Waals surface area contributed by atoms with Crippen molar-refractivity contribution in [2.24, 2.45) is 0 Å². The van der Waals surface area contributed by atoms with Crippen LogP contribution in [0, 0.1) is 0 Å². The standard InChI is InChI=1S/C12H10N2O3/c15-7-4-12(5-7,11(16)17)9-6-14-10-8(9)2-1-3-13-10/h1-3,6H,4-5H2,(H,13,14)(H,16,17). The molecule has 2 aromatic rings. The second kappa shape index (κ2) is 3.16. The predicted octanol–water partition coefficient (Wildman–Crippen LogP) is 1.25. The lowest BCUT2D eigenvalue weighted by Crippen LogP contribution is -2.48. The molecule has 86 valence electrons. The number of aromatic nitrogens is 2. The van der Waals surface area contributed by atoms with Gasteiger partial charge in [0.2, 0.25) is 0 Å². The molecule has 2 aromatic heterocycles. The number of carbonyl (C=O) groups is 2. The summed E-state index contributed by atoms with van der Waals surface area (Å²) in [6, 6.07) is 3.58. The van der Waals surface area contributed by atoms with E-state index in [2.05, 4.69) is 9.97 Å². The van der Waals surface area contributed by atoms with Crippen molar-refractivity contribution in [3.05, 3.63) is 30.1 Å². The van der Waals surface area contributed by atoms with Crippen molar-refractivity contribution in [3.8, 4) is 0 Å². The highest BCUT2D eigenvalue weighted by Crippen LogP contribution is 2.44. The van der Waals surface area contributed by atoms with E-state index in [1.54, 1.807) is 18.5 Å². The minimum Gasteiger partial charge on any atom is -0.481 e. The molecule has 0 unspecified atom stereocenters. The summed E-state index contributed by atoms with van der Waals surface area (Å²) in [5.41, 5.74) is 0.258. The fourth-order valence-corrected chi connectivity index (χ4v) is 2.43. The highest BCUT2D eigenvalue weighted by Gasteiger charge is 2.52. The molecule has 0 spiro atoms. The molecule has 1 aliphatic carbocycles. The van der Waals surface area contributed by atoms with Crippen molar-refractivity contribution in [1.29, 1.82) is 0 Å². The van der Waals surface area contributed by atoms with Crippen LogP contribution >= 0.6 is 0 Å². The Bertz CT molecular complexity index is 621. The Morgan fingerprint density at radius 3 is 2.88 bits per heavy atom. The molecule has 0 radical (unpaired) electrons. The van der Waals surface area contributed by atoms with Crippen LogP contribution in [0.25, 0.3) is 11.0 Å². The number of hydrogen-bond acceptors (Lipinski definition) is 3. The van der Waals surface area contributed by atoms with E-state index in [1.807, 2.05) is 6.07 Å². The van der Waals surface area contributed by atoms with Gasteiger partial charge in [-0.15, -0.1) is 0 Å². The van der Waals surface area contributed by atoms with E-state index in [-0.39, 0.29) is 18.6 Å². The molecule has 1 aliphatic rings. The number of carbonyl (C=O) groups excluding carboxylic acids is 1. The van der Waals surface area contributed by atoms with Crippen LogP contribution in [-0.4, -0.2) is 26.8 Å². The highest BCUT2D eigenvalue weighted by atomic mass is 16.4. The zero-order valence-corrected chi connectivity index (χ0v) is 8.93. The van der Waals surface area contributed by atoms with Crippen LogP contribution in [0.2, 0.25) is 0 Å². The van der Waals surface area contributed by atoms with Crippen molar-refractivity contribution in [2.75, 3.05) is 0 Å². The molecule has 0 aromatic carbocycles. The quantitative estimate of drug-likeness (QED) is 0.813. The molecule has 5 heteroatoms. The molecule has 2 heterocycles. The van der Waals surface area contributed by atoms with Gasteiger partial charge in [0.05, 0.1) is 0 Å². The summed E-state index contributed by atoms with van der Waals surface area (Å²) in [5, 5.41) is 10.1. The first-order valence-corrected chi connectivity index (χ1v) is 5.31. The van der Waals surface area contributed by atoms with Crippen LogP contribution in [0.15, 0.2) is 24.5 Å². The van der Waals surface area contributed by atoms with Gasteiger partial charge in [-0.3, -0.25) is 9.59 Å². The number of fused-ring (bicyclic) bond motifs is 1. The van der Waals surface area contributed by atoms with Gasteiger partial charge in [-0.1, -0.05) is 0 Å². The fraction of sp³-hybridized carbons (Fsp3) is 0.250. The third-order valence-corrected chi connectivity index (χ3v) is 3.37. The molecular formula is C12H10N2O3. The highest BCUT2D eigenvalue weighted by molar-refractivity contribution is 6.04. The van der Waals surface area contributed by atoms with Crippen molar-refractivity contribution >= 4 is 22.8 Å². The lowest BCUT2D eigenvalue weighted by atomic mass is 9.63. The summed E-state index contributed by atoms with van der Waals surface area (Å²) < 4.78 is 0. The fourth-order valence-electron chi connectivity index (χ4n) is 2.43. The Morgan fingerprint density at radius 2 is 2.24 bits per heavy atom. The zero-order valence-electron chi connectivity index (χ0n) is 8.93. The van der Waals surface area contributed by atoms with Crippen molar-refractivity contribution in [1.82, 2.24) is 9.97 Å². The lowest BCUT2D eigenvalue weighted by molar-refractivity contribution is -0.153. The summed E-state index contributed by atoms with van der Waals surface area (Å²) in [6.07, 6.45) is 3.44. The number of ketones is 1. The second-order valence-corrected chi connectivity index (χ2v) is 4.38. The molecule has 3 rings (SSSR count). The average molecular weight is 230 g/mol. The second-order valence-electron chi connectivity index (χ2n) is 4.38. The number of rotatable bonds is 2. The Kier molecular flexibility index (Phi) is 1.86. The normalized spacial score (nSPS) is 18.0. The van der Waals surface area contributed by atoms with Gasteiger partial charge in [-0.2, -0.15) is 0 Å². The van der Waals surface area contributed by atoms with Gasteiger partial charge in [0, 0.05) is 30.6 Å². The van der Waals surface area contributed by atoms with Crippen LogP contribution < -0.4 is 0 Å². The Hall–Kier alpha value is -2.17. The van der Waals surface area contributed by atoms with Gasteiger partial charge in [-0.05, 0) is 17.7 Å². The monoisotopic (exact) mass is 230 g/mol.